The van der Waals surface area contributed by atoms with Crippen LogP contribution < -0.4 is 9.47 Å². The zero-order chi connectivity index (χ0) is 14.8. The molecule has 2 atom stereocenters. The van der Waals surface area contributed by atoms with Gasteiger partial charge in [0.15, 0.2) is 0 Å². The number of nitrogens with zero attached hydrogens (tertiary/aromatic N) is 1. The van der Waals surface area contributed by atoms with Gasteiger partial charge in [-0.2, -0.15) is 0 Å². The topological polar surface area (TPSA) is 48.0 Å². The van der Waals surface area contributed by atoms with E-state index in [4.69, 9.17) is 14.2 Å². The van der Waals surface area contributed by atoms with E-state index in [2.05, 4.69) is 0 Å². The molecule has 1 saturated heterocycles. The molecule has 1 aromatic carbocycles. The van der Waals surface area contributed by atoms with E-state index in [1.165, 1.54) is 0 Å². The van der Waals surface area contributed by atoms with Gasteiger partial charge in [0, 0.05) is 19.2 Å². The molecule has 0 spiro atoms. The minimum atomic E-state index is -0.101. The summed E-state index contributed by atoms with van der Waals surface area (Å²) < 4.78 is 16.4. The predicted molar refractivity (Wildman–Crippen MR) is 77.7 cm³/mol. The highest BCUT2D eigenvalue weighted by Crippen LogP contribution is 2.31. The van der Waals surface area contributed by atoms with E-state index in [-0.39, 0.29) is 17.9 Å². The minimum absolute atomic E-state index is 0.101. The third-order valence-corrected chi connectivity index (χ3v) is 4.08. The van der Waals surface area contributed by atoms with Crippen molar-refractivity contribution in [3.8, 4) is 11.5 Å². The Balaban J connectivity index is 1.69. The maximum Gasteiger partial charge on any atom is 0.229 e. The van der Waals surface area contributed by atoms with E-state index in [0.29, 0.717) is 26.3 Å². The lowest BCUT2D eigenvalue weighted by atomic mass is 9.95. The molecule has 0 aromatic heterocycles. The predicted octanol–water partition coefficient (Wildman–Crippen LogP) is 1.49. The lowest BCUT2D eigenvalue weighted by Gasteiger charge is -2.35. The Morgan fingerprint density at radius 3 is 3.05 bits per heavy atom. The highest BCUT2D eigenvalue weighted by Gasteiger charge is 2.31. The summed E-state index contributed by atoms with van der Waals surface area (Å²) in [6.07, 6.45) is 0.841. The summed E-state index contributed by atoms with van der Waals surface area (Å²) in [6, 6.07) is 5.77. The highest BCUT2D eigenvalue weighted by molar-refractivity contribution is 5.80. The van der Waals surface area contributed by atoms with Crippen LogP contribution in [0.1, 0.15) is 12.5 Å². The molecule has 0 saturated carbocycles. The van der Waals surface area contributed by atoms with E-state index < -0.39 is 0 Å². The first-order valence-corrected chi connectivity index (χ1v) is 7.37. The number of benzene rings is 1. The molecule has 1 fully saturated rings. The third kappa shape index (κ3) is 2.97. The van der Waals surface area contributed by atoms with E-state index >= 15 is 0 Å². The van der Waals surface area contributed by atoms with Gasteiger partial charge in [0.25, 0.3) is 0 Å². The van der Waals surface area contributed by atoms with Crippen LogP contribution in [0.5, 0.6) is 11.5 Å². The number of hydrogen-bond acceptors (Lipinski definition) is 4. The second kappa shape index (κ2) is 5.93. The van der Waals surface area contributed by atoms with Gasteiger partial charge in [-0.05, 0) is 25.0 Å². The molecule has 5 heteroatoms. The molecule has 114 valence electrons. The monoisotopic (exact) mass is 291 g/mol. The van der Waals surface area contributed by atoms with Crippen LogP contribution in [-0.4, -0.2) is 50.3 Å². The van der Waals surface area contributed by atoms with E-state index in [1.807, 2.05) is 30.0 Å². The summed E-state index contributed by atoms with van der Waals surface area (Å²) in [5.74, 6) is 1.68. The standard InChI is InChI=1S/C16H21NO4/c1-11-9-17(5-6-20-11)16(18)13-7-12-3-4-14(19-2)8-15(12)21-10-13/h3-4,8,11,13H,5-7,9-10H2,1-2H3. The molecule has 0 bridgehead atoms. The third-order valence-electron chi connectivity index (χ3n) is 4.08. The molecular formula is C16H21NO4. The van der Waals surface area contributed by atoms with Gasteiger partial charge in [-0.1, -0.05) is 6.07 Å². The molecule has 21 heavy (non-hydrogen) atoms. The van der Waals surface area contributed by atoms with Gasteiger partial charge in [-0.3, -0.25) is 4.79 Å². The molecule has 0 aliphatic carbocycles. The zero-order valence-electron chi connectivity index (χ0n) is 12.5. The Kier molecular flexibility index (Phi) is 4.01. The number of hydrogen-bond donors (Lipinski definition) is 0. The second-order valence-electron chi connectivity index (χ2n) is 5.65. The Morgan fingerprint density at radius 1 is 1.43 bits per heavy atom. The molecule has 1 aromatic rings. The number of rotatable bonds is 2. The van der Waals surface area contributed by atoms with Crippen LogP contribution in [0.4, 0.5) is 0 Å². The molecule has 2 aliphatic rings. The molecular weight excluding hydrogens is 270 g/mol. The summed E-state index contributed by atoms with van der Waals surface area (Å²) >= 11 is 0. The molecule has 1 amide bonds. The van der Waals surface area contributed by atoms with Crippen LogP contribution in [-0.2, 0) is 16.0 Å². The Bertz CT molecular complexity index is 531. The van der Waals surface area contributed by atoms with Gasteiger partial charge in [-0.15, -0.1) is 0 Å². The molecule has 2 unspecified atom stereocenters. The average molecular weight is 291 g/mol. The van der Waals surface area contributed by atoms with E-state index in [9.17, 15) is 4.79 Å². The lowest BCUT2D eigenvalue weighted by molar-refractivity contribution is -0.143. The van der Waals surface area contributed by atoms with Crippen LogP contribution in [0.25, 0.3) is 0 Å². The first-order chi connectivity index (χ1) is 10.2. The van der Waals surface area contributed by atoms with Crippen molar-refractivity contribution in [2.24, 2.45) is 5.92 Å². The Hall–Kier alpha value is -1.75. The van der Waals surface area contributed by atoms with E-state index in [0.717, 1.165) is 23.5 Å². The highest BCUT2D eigenvalue weighted by atomic mass is 16.5. The van der Waals surface area contributed by atoms with Gasteiger partial charge in [0.05, 0.1) is 25.7 Å². The van der Waals surface area contributed by atoms with Crippen molar-refractivity contribution in [2.75, 3.05) is 33.4 Å². The quantitative estimate of drug-likeness (QED) is 0.828. The second-order valence-corrected chi connectivity index (χ2v) is 5.65. The van der Waals surface area contributed by atoms with Crippen molar-refractivity contribution in [3.63, 3.8) is 0 Å². The maximum absolute atomic E-state index is 12.6. The van der Waals surface area contributed by atoms with Crippen LogP contribution in [0, 0.1) is 5.92 Å². The minimum Gasteiger partial charge on any atom is -0.497 e. The first-order valence-electron chi connectivity index (χ1n) is 7.37. The van der Waals surface area contributed by atoms with Crippen LogP contribution >= 0.6 is 0 Å². The Morgan fingerprint density at radius 2 is 2.29 bits per heavy atom. The van der Waals surface area contributed by atoms with Crippen LogP contribution in [0.3, 0.4) is 0 Å². The smallest absolute Gasteiger partial charge is 0.229 e. The molecule has 2 heterocycles. The van der Waals surface area contributed by atoms with E-state index in [1.54, 1.807) is 7.11 Å². The summed E-state index contributed by atoms with van der Waals surface area (Å²) in [7, 11) is 1.64. The molecule has 3 rings (SSSR count). The van der Waals surface area contributed by atoms with Crippen molar-refractivity contribution >= 4 is 5.91 Å². The fourth-order valence-corrected chi connectivity index (χ4v) is 2.91. The number of morpholine rings is 1. The fourth-order valence-electron chi connectivity index (χ4n) is 2.91. The van der Waals surface area contributed by atoms with Crippen molar-refractivity contribution in [1.82, 2.24) is 4.90 Å². The number of methoxy groups -OCH3 is 1. The fraction of sp³-hybridized carbons (Fsp3) is 0.562. The molecule has 0 N–H and O–H groups in total. The van der Waals surface area contributed by atoms with Gasteiger partial charge in [0.1, 0.15) is 18.1 Å². The van der Waals surface area contributed by atoms with Crippen molar-refractivity contribution in [2.45, 2.75) is 19.4 Å². The van der Waals surface area contributed by atoms with Crippen molar-refractivity contribution < 1.29 is 19.0 Å². The van der Waals surface area contributed by atoms with Gasteiger partial charge < -0.3 is 19.1 Å². The number of ether oxygens (including phenoxy) is 3. The molecule has 5 nitrogen and oxygen atoms in total. The zero-order valence-corrected chi connectivity index (χ0v) is 12.5. The number of amides is 1. The summed E-state index contributed by atoms with van der Waals surface area (Å²) in [5.41, 5.74) is 1.07. The Labute approximate surface area is 124 Å². The first kappa shape index (κ1) is 14.2. The summed E-state index contributed by atoms with van der Waals surface area (Å²) in [5, 5.41) is 0. The number of carbonyl (C=O) groups is 1. The SMILES string of the molecule is COc1ccc2c(c1)OCC(C(=O)N1CCOC(C)C1)C2. The molecule has 2 aliphatic heterocycles. The average Bonchev–Trinajstić information content (AvgIpc) is 2.53. The largest absolute Gasteiger partial charge is 0.497 e. The molecule has 0 radical (unpaired) electrons. The lowest BCUT2D eigenvalue weighted by Crippen LogP contribution is -2.48. The van der Waals surface area contributed by atoms with Crippen molar-refractivity contribution in [1.29, 1.82) is 0 Å². The summed E-state index contributed by atoms with van der Waals surface area (Å²) in [4.78, 5) is 14.5. The van der Waals surface area contributed by atoms with Crippen LogP contribution in [0.15, 0.2) is 18.2 Å². The van der Waals surface area contributed by atoms with Gasteiger partial charge in [-0.25, -0.2) is 0 Å². The van der Waals surface area contributed by atoms with Crippen molar-refractivity contribution in [3.05, 3.63) is 23.8 Å². The van der Waals surface area contributed by atoms with Crippen LogP contribution in [0.2, 0.25) is 0 Å². The normalized spacial score (nSPS) is 25.0. The maximum atomic E-state index is 12.6. The van der Waals surface area contributed by atoms with Gasteiger partial charge in [0.2, 0.25) is 5.91 Å². The number of fused-ring (bicyclic) bond motifs is 1. The van der Waals surface area contributed by atoms with Gasteiger partial charge >= 0.3 is 0 Å². The number of carbonyl (C=O) groups excluding carboxylic acids is 1. The summed E-state index contributed by atoms with van der Waals surface area (Å²) in [6.45, 7) is 4.40.